The molecule has 0 saturated heterocycles. The van der Waals surface area contributed by atoms with Crippen LogP contribution in [0.5, 0.6) is 0 Å². The third-order valence-electron chi connectivity index (χ3n) is 2.10. The maximum atomic E-state index is 10.6. The second kappa shape index (κ2) is 6.52. The van der Waals surface area contributed by atoms with Gasteiger partial charge in [-0.1, -0.05) is 35.4 Å². The van der Waals surface area contributed by atoms with Crippen LogP contribution in [0.25, 0.3) is 6.08 Å². The second-order valence-corrected chi connectivity index (χ2v) is 4.39. The summed E-state index contributed by atoms with van der Waals surface area (Å²) in [5.41, 5.74) is 6.90. The zero-order chi connectivity index (χ0) is 12.8. The van der Waals surface area contributed by atoms with Crippen molar-refractivity contribution in [3.05, 3.63) is 33.8 Å². The van der Waals surface area contributed by atoms with Crippen molar-refractivity contribution in [3.63, 3.8) is 0 Å². The number of benzene rings is 1. The van der Waals surface area contributed by atoms with Gasteiger partial charge in [-0.3, -0.25) is 4.79 Å². The number of nitrogens with two attached hydrogens (primary N) is 1. The quantitative estimate of drug-likeness (QED) is 0.654. The van der Waals surface area contributed by atoms with Gasteiger partial charge in [0.1, 0.15) is 0 Å². The van der Waals surface area contributed by atoms with Crippen molar-refractivity contribution in [2.75, 3.05) is 12.3 Å². The van der Waals surface area contributed by atoms with Crippen LogP contribution in [-0.4, -0.2) is 12.5 Å². The van der Waals surface area contributed by atoms with E-state index in [2.05, 4.69) is 5.32 Å². The first-order valence-electron chi connectivity index (χ1n) is 5.16. The van der Waals surface area contributed by atoms with Gasteiger partial charge in [-0.05, 0) is 24.1 Å². The molecule has 17 heavy (non-hydrogen) atoms. The Morgan fingerprint density at radius 3 is 2.53 bits per heavy atom. The molecule has 3 N–H and O–H groups in total. The Balaban J connectivity index is 2.57. The van der Waals surface area contributed by atoms with Gasteiger partial charge >= 0.3 is 0 Å². The molecule has 0 bridgehead atoms. The fourth-order valence-corrected chi connectivity index (χ4v) is 1.76. The molecule has 0 spiro atoms. The molecule has 0 radical (unpaired) electrons. The SMILES string of the molecule is CC(=O)NCCC=Cc1cc(Cl)c(N)c(Cl)c1. The number of rotatable bonds is 4. The minimum atomic E-state index is -0.0306. The summed E-state index contributed by atoms with van der Waals surface area (Å²) in [6, 6.07) is 3.50. The molecule has 0 unspecified atom stereocenters. The number of carbonyl (C=O) groups excluding carboxylic acids is 1. The minimum absolute atomic E-state index is 0.0306. The van der Waals surface area contributed by atoms with Gasteiger partial charge < -0.3 is 11.1 Å². The van der Waals surface area contributed by atoms with Crippen molar-refractivity contribution in [1.82, 2.24) is 5.32 Å². The van der Waals surface area contributed by atoms with E-state index in [1.165, 1.54) is 6.92 Å². The van der Waals surface area contributed by atoms with Crippen molar-refractivity contribution < 1.29 is 4.79 Å². The van der Waals surface area contributed by atoms with E-state index >= 15 is 0 Å². The van der Waals surface area contributed by atoms with E-state index in [9.17, 15) is 4.79 Å². The molecule has 0 saturated carbocycles. The highest BCUT2D eigenvalue weighted by molar-refractivity contribution is 6.39. The Morgan fingerprint density at radius 2 is 2.00 bits per heavy atom. The number of hydrogen-bond donors (Lipinski definition) is 2. The Hall–Kier alpha value is -1.19. The molecule has 0 aromatic heterocycles. The van der Waals surface area contributed by atoms with Crippen LogP contribution >= 0.6 is 23.2 Å². The van der Waals surface area contributed by atoms with Crippen molar-refractivity contribution in [2.24, 2.45) is 0 Å². The molecule has 1 aromatic rings. The van der Waals surface area contributed by atoms with Crippen LogP contribution in [0.2, 0.25) is 10.0 Å². The van der Waals surface area contributed by atoms with Gasteiger partial charge in [-0.15, -0.1) is 0 Å². The van der Waals surface area contributed by atoms with Crippen LogP contribution in [0.15, 0.2) is 18.2 Å². The molecule has 1 amide bonds. The van der Waals surface area contributed by atoms with Crippen LogP contribution in [-0.2, 0) is 4.79 Å². The summed E-state index contributed by atoms with van der Waals surface area (Å²) in [5, 5.41) is 3.59. The largest absolute Gasteiger partial charge is 0.396 e. The van der Waals surface area contributed by atoms with Crippen molar-refractivity contribution in [2.45, 2.75) is 13.3 Å². The van der Waals surface area contributed by atoms with E-state index in [1.807, 2.05) is 12.2 Å². The highest BCUT2D eigenvalue weighted by Gasteiger charge is 2.02. The smallest absolute Gasteiger partial charge is 0.216 e. The number of anilines is 1. The number of halogens is 2. The predicted octanol–water partition coefficient (Wildman–Crippen LogP) is 3.12. The summed E-state index contributed by atoms with van der Waals surface area (Å²) >= 11 is 11.8. The molecule has 3 nitrogen and oxygen atoms in total. The summed E-state index contributed by atoms with van der Waals surface area (Å²) < 4.78 is 0. The lowest BCUT2D eigenvalue weighted by molar-refractivity contribution is -0.118. The molecule has 0 aliphatic rings. The second-order valence-electron chi connectivity index (χ2n) is 3.57. The lowest BCUT2D eigenvalue weighted by Gasteiger charge is -2.03. The third-order valence-corrected chi connectivity index (χ3v) is 2.72. The maximum Gasteiger partial charge on any atom is 0.216 e. The number of carbonyl (C=O) groups is 1. The molecular weight excluding hydrogens is 259 g/mol. The molecule has 0 heterocycles. The Bertz CT molecular complexity index is 421. The maximum absolute atomic E-state index is 10.6. The summed E-state index contributed by atoms with van der Waals surface area (Å²) in [4.78, 5) is 10.6. The number of amides is 1. The van der Waals surface area contributed by atoms with E-state index in [0.29, 0.717) is 22.3 Å². The molecule has 1 aromatic carbocycles. The molecule has 5 heteroatoms. The van der Waals surface area contributed by atoms with E-state index in [1.54, 1.807) is 12.1 Å². The molecule has 0 aliphatic heterocycles. The summed E-state index contributed by atoms with van der Waals surface area (Å²) in [7, 11) is 0. The highest BCUT2D eigenvalue weighted by Crippen LogP contribution is 2.29. The molecule has 92 valence electrons. The average Bonchev–Trinajstić information content (AvgIpc) is 2.25. The zero-order valence-corrected chi connectivity index (χ0v) is 11.0. The fraction of sp³-hybridized carbons (Fsp3) is 0.250. The van der Waals surface area contributed by atoms with Gasteiger partial charge in [0.15, 0.2) is 0 Å². The predicted molar refractivity (Wildman–Crippen MR) is 73.2 cm³/mol. The zero-order valence-electron chi connectivity index (χ0n) is 9.47. The topological polar surface area (TPSA) is 55.1 Å². The Kier molecular flexibility index (Phi) is 5.32. The van der Waals surface area contributed by atoms with Crippen molar-refractivity contribution >= 4 is 40.9 Å². The molecule has 0 aliphatic carbocycles. The Morgan fingerprint density at radius 1 is 1.41 bits per heavy atom. The fourth-order valence-electron chi connectivity index (χ4n) is 1.25. The summed E-state index contributed by atoms with van der Waals surface area (Å²) in [5.74, 6) is -0.0306. The molecule has 1 rings (SSSR count). The van der Waals surface area contributed by atoms with Gasteiger partial charge in [0.05, 0.1) is 15.7 Å². The molecular formula is C12H14Cl2N2O. The van der Waals surface area contributed by atoms with Crippen molar-refractivity contribution in [1.29, 1.82) is 0 Å². The van der Waals surface area contributed by atoms with Gasteiger partial charge in [0, 0.05) is 13.5 Å². The summed E-state index contributed by atoms with van der Waals surface area (Å²) in [6.45, 7) is 2.10. The monoisotopic (exact) mass is 272 g/mol. The van der Waals surface area contributed by atoms with E-state index in [-0.39, 0.29) is 5.91 Å². The normalized spacial score (nSPS) is 10.8. The van der Waals surface area contributed by atoms with Gasteiger partial charge in [-0.25, -0.2) is 0 Å². The van der Waals surface area contributed by atoms with E-state index < -0.39 is 0 Å². The van der Waals surface area contributed by atoms with Crippen LogP contribution in [0.1, 0.15) is 18.9 Å². The number of nitrogens with one attached hydrogen (secondary N) is 1. The first kappa shape index (κ1) is 13.9. The Labute approximate surface area is 111 Å². The number of nitrogen functional groups attached to an aromatic ring is 1. The summed E-state index contributed by atoms with van der Waals surface area (Å²) in [6.07, 6.45) is 4.58. The van der Waals surface area contributed by atoms with Crippen LogP contribution < -0.4 is 11.1 Å². The first-order valence-corrected chi connectivity index (χ1v) is 5.92. The van der Waals surface area contributed by atoms with E-state index in [4.69, 9.17) is 28.9 Å². The molecule has 0 fully saturated rings. The van der Waals surface area contributed by atoms with Gasteiger partial charge in [0.25, 0.3) is 0 Å². The van der Waals surface area contributed by atoms with Crippen LogP contribution in [0.3, 0.4) is 0 Å². The lowest BCUT2D eigenvalue weighted by atomic mass is 10.2. The van der Waals surface area contributed by atoms with E-state index in [0.717, 1.165) is 12.0 Å². The average molecular weight is 273 g/mol. The number of hydrogen-bond acceptors (Lipinski definition) is 2. The standard InChI is InChI=1S/C12H14Cl2N2O/c1-8(17)16-5-3-2-4-9-6-10(13)12(15)11(14)7-9/h2,4,6-7H,3,5,15H2,1H3,(H,16,17). The van der Waals surface area contributed by atoms with Gasteiger partial charge in [-0.2, -0.15) is 0 Å². The van der Waals surface area contributed by atoms with Crippen molar-refractivity contribution in [3.8, 4) is 0 Å². The lowest BCUT2D eigenvalue weighted by Crippen LogP contribution is -2.20. The first-order chi connectivity index (χ1) is 8.00. The molecule has 0 atom stereocenters. The van der Waals surface area contributed by atoms with Crippen LogP contribution in [0, 0.1) is 0 Å². The minimum Gasteiger partial charge on any atom is -0.396 e. The van der Waals surface area contributed by atoms with Gasteiger partial charge in [0.2, 0.25) is 5.91 Å². The highest BCUT2D eigenvalue weighted by atomic mass is 35.5. The van der Waals surface area contributed by atoms with Crippen LogP contribution in [0.4, 0.5) is 5.69 Å². The third kappa shape index (κ3) is 4.67.